The molecule has 1 aliphatic heterocycles. The Morgan fingerprint density at radius 2 is 2.44 bits per heavy atom. The molecule has 0 atom stereocenters. The van der Waals surface area contributed by atoms with Crippen molar-refractivity contribution in [3.05, 3.63) is 29.3 Å². The number of amides is 1. The Bertz CT molecular complexity index is 449. The van der Waals surface area contributed by atoms with E-state index in [0.29, 0.717) is 6.54 Å². The third-order valence-electron chi connectivity index (χ3n) is 2.53. The molecule has 0 unspecified atom stereocenters. The van der Waals surface area contributed by atoms with Crippen molar-refractivity contribution in [3.63, 3.8) is 0 Å². The summed E-state index contributed by atoms with van der Waals surface area (Å²) in [4.78, 5) is 10.8. The van der Waals surface area contributed by atoms with Crippen LogP contribution >= 0.6 is 0 Å². The van der Waals surface area contributed by atoms with E-state index in [2.05, 4.69) is 5.32 Å². The Hall–Kier alpha value is -2.02. The average molecular weight is 216 g/mol. The van der Waals surface area contributed by atoms with Crippen LogP contribution in [0.3, 0.4) is 0 Å². The zero-order valence-corrected chi connectivity index (χ0v) is 8.82. The number of carbonyl (C=O) groups excluding carboxylic acids is 1. The van der Waals surface area contributed by atoms with Crippen molar-refractivity contribution in [2.24, 2.45) is 0 Å². The summed E-state index contributed by atoms with van der Waals surface area (Å²) in [5.41, 5.74) is 2.17. The standard InChI is InChI=1S/C12H12N2O2/c13-7-12(15)14-8-9-3-4-11-10(6-9)2-1-5-16-11/h3-4,6H,1-2,5,8H2,(H,14,15). The Morgan fingerprint density at radius 1 is 1.56 bits per heavy atom. The first-order chi connectivity index (χ1) is 7.79. The zero-order valence-electron chi connectivity index (χ0n) is 8.82. The molecule has 1 aromatic carbocycles. The highest BCUT2D eigenvalue weighted by atomic mass is 16.5. The highest BCUT2D eigenvalue weighted by Gasteiger charge is 2.10. The molecule has 0 radical (unpaired) electrons. The van der Waals surface area contributed by atoms with Crippen LogP contribution in [0, 0.1) is 11.3 Å². The van der Waals surface area contributed by atoms with Gasteiger partial charge in [0.2, 0.25) is 0 Å². The lowest BCUT2D eigenvalue weighted by Gasteiger charge is -2.17. The van der Waals surface area contributed by atoms with Gasteiger partial charge in [-0.25, -0.2) is 0 Å². The molecule has 1 N–H and O–H groups in total. The van der Waals surface area contributed by atoms with Crippen LogP contribution in [0.1, 0.15) is 17.5 Å². The summed E-state index contributed by atoms with van der Waals surface area (Å²) in [6.07, 6.45) is 2.04. The third kappa shape index (κ3) is 2.31. The minimum Gasteiger partial charge on any atom is -0.493 e. The van der Waals surface area contributed by atoms with Crippen molar-refractivity contribution in [1.29, 1.82) is 5.26 Å². The largest absolute Gasteiger partial charge is 0.493 e. The van der Waals surface area contributed by atoms with E-state index in [0.717, 1.165) is 30.8 Å². The van der Waals surface area contributed by atoms with Crippen LogP contribution < -0.4 is 10.1 Å². The van der Waals surface area contributed by atoms with Crippen molar-refractivity contribution < 1.29 is 9.53 Å². The fraction of sp³-hybridized carbons (Fsp3) is 0.333. The maximum absolute atomic E-state index is 10.8. The van der Waals surface area contributed by atoms with Crippen molar-refractivity contribution in [2.45, 2.75) is 19.4 Å². The van der Waals surface area contributed by atoms with Gasteiger partial charge in [0.25, 0.3) is 0 Å². The minimum atomic E-state index is -0.603. The molecule has 0 bridgehead atoms. The predicted molar refractivity (Wildman–Crippen MR) is 57.7 cm³/mol. The second-order valence-corrected chi connectivity index (χ2v) is 3.69. The lowest BCUT2D eigenvalue weighted by molar-refractivity contribution is -0.116. The number of rotatable bonds is 2. The van der Waals surface area contributed by atoms with Crippen LogP contribution in [-0.4, -0.2) is 12.5 Å². The first kappa shape index (κ1) is 10.5. The second-order valence-electron chi connectivity index (χ2n) is 3.69. The lowest BCUT2D eigenvalue weighted by Crippen LogP contribution is -2.20. The monoisotopic (exact) mass is 216 g/mol. The molecule has 1 aromatic rings. The molecule has 0 spiro atoms. The van der Waals surface area contributed by atoms with E-state index in [4.69, 9.17) is 10.00 Å². The van der Waals surface area contributed by atoms with Crippen LogP contribution in [0.5, 0.6) is 5.75 Å². The molecule has 1 amide bonds. The number of aryl methyl sites for hydroxylation is 1. The second kappa shape index (κ2) is 4.67. The van der Waals surface area contributed by atoms with Gasteiger partial charge in [0.1, 0.15) is 5.75 Å². The topological polar surface area (TPSA) is 62.1 Å². The maximum atomic E-state index is 10.8. The van der Waals surface area contributed by atoms with E-state index in [1.807, 2.05) is 18.2 Å². The molecule has 0 fully saturated rings. The number of fused-ring (bicyclic) bond motifs is 1. The van der Waals surface area contributed by atoms with Gasteiger partial charge in [0, 0.05) is 6.54 Å². The Labute approximate surface area is 93.8 Å². The molecule has 16 heavy (non-hydrogen) atoms. The van der Waals surface area contributed by atoms with Crippen LogP contribution in [-0.2, 0) is 17.8 Å². The Kier molecular flexibility index (Phi) is 3.06. The quantitative estimate of drug-likeness (QED) is 0.754. The number of carbonyl (C=O) groups is 1. The molecule has 4 heteroatoms. The maximum Gasteiger partial charge on any atom is 0.322 e. The van der Waals surface area contributed by atoms with Crippen molar-refractivity contribution >= 4 is 5.91 Å². The van der Waals surface area contributed by atoms with Gasteiger partial charge in [0.15, 0.2) is 6.07 Å². The van der Waals surface area contributed by atoms with E-state index in [9.17, 15) is 4.79 Å². The molecule has 82 valence electrons. The Morgan fingerprint density at radius 3 is 3.25 bits per heavy atom. The van der Waals surface area contributed by atoms with Gasteiger partial charge in [-0.1, -0.05) is 12.1 Å². The van der Waals surface area contributed by atoms with Gasteiger partial charge < -0.3 is 10.1 Å². The number of hydrogen-bond donors (Lipinski definition) is 1. The average Bonchev–Trinajstić information content (AvgIpc) is 2.35. The van der Waals surface area contributed by atoms with Gasteiger partial charge in [0.05, 0.1) is 6.61 Å². The lowest BCUT2D eigenvalue weighted by atomic mass is 10.0. The van der Waals surface area contributed by atoms with Crippen molar-refractivity contribution in [1.82, 2.24) is 5.32 Å². The van der Waals surface area contributed by atoms with E-state index < -0.39 is 5.91 Å². The van der Waals surface area contributed by atoms with E-state index >= 15 is 0 Å². The summed E-state index contributed by atoms with van der Waals surface area (Å²) in [7, 11) is 0. The fourth-order valence-corrected chi connectivity index (χ4v) is 1.75. The zero-order chi connectivity index (χ0) is 11.4. The molecular weight excluding hydrogens is 204 g/mol. The predicted octanol–water partition coefficient (Wildman–Crippen LogP) is 1.15. The smallest absolute Gasteiger partial charge is 0.322 e. The summed E-state index contributed by atoms with van der Waals surface area (Å²) in [5.74, 6) is 0.329. The van der Waals surface area contributed by atoms with Crippen molar-refractivity contribution in [2.75, 3.05) is 6.61 Å². The molecule has 0 saturated heterocycles. The van der Waals surface area contributed by atoms with E-state index in [1.54, 1.807) is 0 Å². The van der Waals surface area contributed by atoms with Crippen LogP contribution in [0.2, 0.25) is 0 Å². The van der Waals surface area contributed by atoms with Crippen LogP contribution in [0.4, 0.5) is 0 Å². The molecule has 2 rings (SSSR count). The van der Waals surface area contributed by atoms with Gasteiger partial charge in [-0.2, -0.15) is 5.26 Å². The number of nitriles is 1. The highest BCUT2D eigenvalue weighted by molar-refractivity contribution is 5.91. The summed E-state index contributed by atoms with van der Waals surface area (Å²) < 4.78 is 5.49. The first-order valence-electron chi connectivity index (χ1n) is 5.22. The van der Waals surface area contributed by atoms with E-state index in [1.165, 1.54) is 11.6 Å². The van der Waals surface area contributed by atoms with E-state index in [-0.39, 0.29) is 0 Å². The molecular formula is C12H12N2O2. The molecule has 0 aliphatic carbocycles. The summed E-state index contributed by atoms with van der Waals surface area (Å²) in [6, 6.07) is 7.37. The summed E-state index contributed by atoms with van der Waals surface area (Å²) >= 11 is 0. The summed E-state index contributed by atoms with van der Waals surface area (Å²) in [5, 5.41) is 10.8. The third-order valence-corrected chi connectivity index (χ3v) is 2.53. The summed E-state index contributed by atoms with van der Waals surface area (Å²) in [6.45, 7) is 1.16. The number of nitrogens with one attached hydrogen (secondary N) is 1. The van der Waals surface area contributed by atoms with Gasteiger partial charge in [-0.3, -0.25) is 4.79 Å². The van der Waals surface area contributed by atoms with Crippen molar-refractivity contribution in [3.8, 4) is 11.8 Å². The SMILES string of the molecule is N#CC(=O)NCc1ccc2c(c1)CCCO2. The minimum absolute atomic E-state index is 0.389. The normalized spacial score (nSPS) is 13.2. The van der Waals surface area contributed by atoms with Gasteiger partial charge in [-0.05, 0) is 30.0 Å². The van der Waals surface area contributed by atoms with Crippen LogP contribution in [0.25, 0.3) is 0 Å². The molecule has 1 heterocycles. The first-order valence-corrected chi connectivity index (χ1v) is 5.22. The molecule has 1 aliphatic rings. The number of ether oxygens (including phenoxy) is 1. The Balaban J connectivity index is 2.06. The number of hydrogen-bond acceptors (Lipinski definition) is 3. The molecule has 0 aromatic heterocycles. The molecule has 0 saturated carbocycles. The molecule has 4 nitrogen and oxygen atoms in total. The number of benzene rings is 1. The van der Waals surface area contributed by atoms with Gasteiger partial charge in [-0.15, -0.1) is 0 Å². The van der Waals surface area contributed by atoms with Crippen LogP contribution in [0.15, 0.2) is 18.2 Å². The van der Waals surface area contributed by atoms with Gasteiger partial charge >= 0.3 is 5.91 Å². The number of nitrogens with zero attached hydrogens (tertiary/aromatic N) is 1. The highest BCUT2D eigenvalue weighted by Crippen LogP contribution is 2.25. The fourth-order valence-electron chi connectivity index (χ4n) is 1.75.